The first kappa shape index (κ1) is 13.6. The van der Waals surface area contributed by atoms with Crippen LogP contribution in [0, 0.1) is 12.7 Å². The summed E-state index contributed by atoms with van der Waals surface area (Å²) in [5.41, 5.74) is 0.702. The van der Waals surface area contributed by atoms with Gasteiger partial charge in [-0.2, -0.15) is 8.42 Å². The molecule has 0 aliphatic heterocycles. The number of nitrogens with one attached hydrogen (secondary N) is 1. The lowest BCUT2D eigenvalue weighted by atomic mass is 10.2. The topological polar surface area (TPSA) is 79.5 Å². The molecule has 102 valence electrons. The summed E-state index contributed by atoms with van der Waals surface area (Å²) in [6.07, 6.45) is 0. The Bertz CT molecular complexity index is 673. The maximum absolute atomic E-state index is 13.2. The molecule has 0 unspecified atom stereocenters. The highest BCUT2D eigenvalue weighted by atomic mass is 32.2. The van der Waals surface area contributed by atoms with E-state index in [1.165, 1.54) is 24.3 Å². The number of anilines is 1. The molecule has 0 aliphatic carbocycles. The predicted molar refractivity (Wildman–Crippen MR) is 66.6 cm³/mol. The van der Waals surface area contributed by atoms with Crippen LogP contribution in [0.4, 0.5) is 10.1 Å². The van der Waals surface area contributed by atoms with E-state index in [0.29, 0.717) is 5.56 Å². The van der Waals surface area contributed by atoms with E-state index in [4.69, 9.17) is 9.52 Å². The lowest BCUT2D eigenvalue weighted by molar-refractivity contribution is 0.236. The highest BCUT2D eigenvalue weighted by Crippen LogP contribution is 2.20. The predicted octanol–water partition coefficient (Wildman–Crippen LogP) is 2.02. The number of hydrogen-bond donors (Lipinski definition) is 2. The highest BCUT2D eigenvalue weighted by Gasteiger charge is 2.19. The van der Waals surface area contributed by atoms with Crippen LogP contribution in [0.25, 0.3) is 0 Å². The standard InChI is InChI=1S/C12H12FNO4S/c1-8-4-9(13)6-10(5-8)14-19(16,17)12-3-2-11(7-15)18-12/h2-6,14-15H,7H2,1H3. The van der Waals surface area contributed by atoms with Crippen molar-refractivity contribution in [3.05, 3.63) is 47.5 Å². The number of rotatable bonds is 4. The van der Waals surface area contributed by atoms with Gasteiger partial charge in [0.15, 0.2) is 0 Å². The largest absolute Gasteiger partial charge is 0.445 e. The summed E-state index contributed by atoms with van der Waals surface area (Å²) in [5.74, 6) is -0.399. The van der Waals surface area contributed by atoms with Crippen LogP contribution in [-0.4, -0.2) is 13.5 Å². The van der Waals surface area contributed by atoms with Crippen molar-refractivity contribution in [1.82, 2.24) is 0 Å². The van der Waals surface area contributed by atoms with Crippen molar-refractivity contribution in [2.45, 2.75) is 18.6 Å². The third kappa shape index (κ3) is 3.12. The first-order valence-electron chi connectivity index (χ1n) is 5.40. The summed E-state index contributed by atoms with van der Waals surface area (Å²) in [6.45, 7) is 1.26. The Morgan fingerprint density at radius 1 is 1.32 bits per heavy atom. The van der Waals surface area contributed by atoms with Gasteiger partial charge in [0, 0.05) is 0 Å². The van der Waals surface area contributed by atoms with Crippen LogP contribution in [0.3, 0.4) is 0 Å². The molecule has 1 aromatic heterocycles. The van der Waals surface area contributed by atoms with Gasteiger partial charge >= 0.3 is 0 Å². The minimum atomic E-state index is -3.93. The second-order valence-electron chi connectivity index (χ2n) is 4.00. The normalized spacial score (nSPS) is 11.5. The molecule has 0 radical (unpaired) electrons. The third-order valence-electron chi connectivity index (χ3n) is 2.35. The van der Waals surface area contributed by atoms with Crippen molar-refractivity contribution in [3.63, 3.8) is 0 Å². The minimum Gasteiger partial charge on any atom is -0.445 e. The molecule has 5 nitrogen and oxygen atoms in total. The molecule has 1 aromatic carbocycles. The van der Waals surface area contributed by atoms with Gasteiger partial charge in [-0.3, -0.25) is 4.72 Å². The van der Waals surface area contributed by atoms with Crippen molar-refractivity contribution < 1.29 is 22.3 Å². The Kier molecular flexibility index (Phi) is 3.59. The number of sulfonamides is 1. The Hall–Kier alpha value is -1.86. The van der Waals surface area contributed by atoms with Crippen molar-refractivity contribution in [2.24, 2.45) is 0 Å². The smallest absolute Gasteiger partial charge is 0.295 e. The van der Waals surface area contributed by atoms with Gasteiger partial charge in [0.2, 0.25) is 5.09 Å². The maximum atomic E-state index is 13.2. The van der Waals surface area contributed by atoms with Gasteiger partial charge in [-0.1, -0.05) is 0 Å². The molecular weight excluding hydrogens is 273 g/mol. The molecule has 0 bridgehead atoms. The van der Waals surface area contributed by atoms with Crippen LogP contribution in [0.15, 0.2) is 39.8 Å². The van der Waals surface area contributed by atoms with E-state index in [2.05, 4.69) is 4.72 Å². The lowest BCUT2D eigenvalue weighted by Crippen LogP contribution is -2.12. The van der Waals surface area contributed by atoms with E-state index >= 15 is 0 Å². The maximum Gasteiger partial charge on any atom is 0.295 e. The van der Waals surface area contributed by atoms with Crippen LogP contribution < -0.4 is 4.72 Å². The Balaban J connectivity index is 2.30. The third-order valence-corrected chi connectivity index (χ3v) is 3.61. The molecule has 0 aliphatic rings. The number of halogens is 1. The Labute approximate surface area is 109 Å². The van der Waals surface area contributed by atoms with Crippen LogP contribution in [0.2, 0.25) is 0 Å². The van der Waals surface area contributed by atoms with Gasteiger partial charge in [-0.05, 0) is 42.8 Å². The van der Waals surface area contributed by atoms with E-state index in [9.17, 15) is 12.8 Å². The van der Waals surface area contributed by atoms with Gasteiger partial charge in [0.05, 0.1) is 5.69 Å². The van der Waals surface area contributed by atoms with Crippen molar-refractivity contribution in [2.75, 3.05) is 4.72 Å². The Morgan fingerprint density at radius 2 is 2.05 bits per heavy atom. The van der Waals surface area contributed by atoms with E-state index in [1.54, 1.807) is 6.92 Å². The second-order valence-corrected chi connectivity index (χ2v) is 5.61. The van der Waals surface area contributed by atoms with Crippen LogP contribution >= 0.6 is 0 Å². The fourth-order valence-electron chi connectivity index (χ4n) is 1.59. The summed E-state index contributed by atoms with van der Waals surface area (Å²) in [7, 11) is -3.93. The molecule has 2 N–H and O–H groups in total. The quantitative estimate of drug-likeness (QED) is 0.900. The molecule has 0 fully saturated rings. The first-order chi connectivity index (χ1) is 8.90. The number of aryl methyl sites for hydroxylation is 1. The summed E-state index contributed by atoms with van der Waals surface area (Å²) < 4.78 is 44.2. The zero-order chi connectivity index (χ0) is 14.0. The SMILES string of the molecule is Cc1cc(F)cc(NS(=O)(=O)c2ccc(CO)o2)c1. The van der Waals surface area contributed by atoms with Gasteiger partial charge in [0.25, 0.3) is 10.0 Å². The van der Waals surface area contributed by atoms with Gasteiger partial charge in [-0.25, -0.2) is 4.39 Å². The summed E-state index contributed by atoms with van der Waals surface area (Å²) in [5, 5.41) is 8.49. The van der Waals surface area contributed by atoms with Crippen LogP contribution in [-0.2, 0) is 16.6 Å². The van der Waals surface area contributed by atoms with Crippen molar-refractivity contribution >= 4 is 15.7 Å². The first-order valence-corrected chi connectivity index (χ1v) is 6.88. The molecule has 19 heavy (non-hydrogen) atoms. The monoisotopic (exact) mass is 285 g/mol. The molecule has 0 saturated heterocycles. The van der Waals surface area contributed by atoms with Crippen LogP contribution in [0.5, 0.6) is 0 Å². The van der Waals surface area contributed by atoms with Gasteiger partial charge in [0.1, 0.15) is 18.2 Å². The molecule has 0 amide bonds. The van der Waals surface area contributed by atoms with Gasteiger partial charge in [-0.15, -0.1) is 0 Å². The molecule has 2 rings (SSSR count). The summed E-state index contributed by atoms with van der Waals surface area (Å²) in [6, 6.07) is 6.43. The zero-order valence-corrected chi connectivity index (χ0v) is 10.9. The van der Waals surface area contributed by atoms with Gasteiger partial charge < -0.3 is 9.52 Å². The zero-order valence-electron chi connectivity index (χ0n) is 10.1. The van der Waals surface area contributed by atoms with Crippen molar-refractivity contribution in [3.8, 4) is 0 Å². The molecule has 0 atom stereocenters. The Morgan fingerprint density at radius 3 is 2.63 bits per heavy atom. The summed E-state index contributed by atoms with van der Waals surface area (Å²) in [4.78, 5) is 0. The van der Waals surface area contributed by atoms with E-state index in [-0.39, 0.29) is 16.5 Å². The molecular formula is C12H12FNO4S. The lowest BCUT2D eigenvalue weighted by Gasteiger charge is -2.06. The molecule has 0 spiro atoms. The number of furan rings is 1. The highest BCUT2D eigenvalue weighted by molar-refractivity contribution is 7.92. The van der Waals surface area contributed by atoms with E-state index in [0.717, 1.165) is 6.07 Å². The van der Waals surface area contributed by atoms with Crippen LogP contribution in [0.1, 0.15) is 11.3 Å². The van der Waals surface area contributed by atoms with Crippen molar-refractivity contribution in [1.29, 1.82) is 0 Å². The fourth-order valence-corrected chi connectivity index (χ4v) is 2.58. The van der Waals surface area contributed by atoms with E-state index < -0.39 is 22.4 Å². The van der Waals surface area contributed by atoms with E-state index in [1.807, 2.05) is 0 Å². The molecule has 0 saturated carbocycles. The number of aliphatic hydroxyl groups excluding tert-OH is 1. The average molecular weight is 285 g/mol. The second kappa shape index (κ2) is 5.02. The fraction of sp³-hybridized carbons (Fsp3) is 0.167. The minimum absolute atomic E-state index is 0.111. The number of hydrogen-bond acceptors (Lipinski definition) is 4. The number of benzene rings is 1. The molecule has 1 heterocycles. The molecule has 2 aromatic rings. The molecule has 7 heteroatoms. The average Bonchev–Trinajstić information content (AvgIpc) is 2.75. The summed E-state index contributed by atoms with van der Waals surface area (Å²) >= 11 is 0. The number of aliphatic hydroxyl groups is 1.